The molecule has 17 heavy (non-hydrogen) atoms. The highest BCUT2D eigenvalue weighted by atomic mass is 17.1. The number of hydrogen-bond donors (Lipinski definition) is 2. The summed E-state index contributed by atoms with van der Waals surface area (Å²) in [6.45, 7) is 5.51. The highest BCUT2D eigenvalue weighted by molar-refractivity contribution is 6.03. The molecule has 1 aromatic rings. The number of rotatable bonds is 2. The van der Waals surface area contributed by atoms with Gasteiger partial charge in [-0.2, -0.15) is 5.26 Å². The molecule has 5 heteroatoms. The Labute approximate surface area is 98.6 Å². The van der Waals surface area contributed by atoms with Crippen molar-refractivity contribution in [1.29, 1.82) is 0 Å². The average Bonchev–Trinajstić information content (AvgIpc) is 2.25. The molecule has 0 aliphatic rings. The van der Waals surface area contributed by atoms with Crippen LogP contribution in [0.25, 0.3) is 0 Å². The minimum absolute atomic E-state index is 0.140. The first-order valence-corrected chi connectivity index (χ1v) is 5.01. The van der Waals surface area contributed by atoms with Crippen LogP contribution in [0.1, 0.15) is 47.1 Å². The summed E-state index contributed by atoms with van der Waals surface area (Å²) in [5.74, 6) is -2.30. The van der Waals surface area contributed by atoms with Gasteiger partial charge in [0.2, 0.25) is 0 Å². The number of carbonyl (C=O) groups excluding carboxylic acids is 1. The minimum Gasteiger partial charge on any atom is -0.478 e. The van der Waals surface area contributed by atoms with Crippen LogP contribution in [0.15, 0.2) is 18.2 Å². The molecule has 5 nitrogen and oxygen atoms in total. The second kappa shape index (κ2) is 4.55. The van der Waals surface area contributed by atoms with E-state index in [9.17, 15) is 9.59 Å². The largest absolute Gasteiger partial charge is 0.478 e. The van der Waals surface area contributed by atoms with Crippen LogP contribution in [0.4, 0.5) is 0 Å². The maximum atomic E-state index is 11.3. The zero-order chi connectivity index (χ0) is 13.2. The van der Waals surface area contributed by atoms with Crippen molar-refractivity contribution in [3.63, 3.8) is 0 Å². The monoisotopic (exact) mass is 238 g/mol. The van der Waals surface area contributed by atoms with Crippen molar-refractivity contribution in [2.24, 2.45) is 0 Å². The van der Waals surface area contributed by atoms with Crippen LogP contribution in [-0.4, -0.2) is 22.3 Å². The minimum atomic E-state index is -1.23. The van der Waals surface area contributed by atoms with Gasteiger partial charge in [-0.3, -0.25) is 4.89 Å². The maximum Gasteiger partial charge on any atom is 0.373 e. The van der Waals surface area contributed by atoms with E-state index in [0.29, 0.717) is 5.56 Å². The van der Waals surface area contributed by atoms with Gasteiger partial charge in [-0.1, -0.05) is 32.9 Å². The Balaban J connectivity index is 3.54. The van der Waals surface area contributed by atoms with E-state index in [1.54, 1.807) is 12.1 Å². The number of hydrogen-bond acceptors (Lipinski definition) is 4. The van der Waals surface area contributed by atoms with Crippen LogP contribution < -0.4 is 0 Å². The number of benzene rings is 1. The molecule has 1 aromatic carbocycles. The fourth-order valence-electron chi connectivity index (χ4n) is 1.63. The van der Waals surface area contributed by atoms with Gasteiger partial charge in [-0.05, 0) is 17.0 Å². The normalized spacial score (nSPS) is 11.1. The third-order valence-electron chi connectivity index (χ3n) is 2.39. The van der Waals surface area contributed by atoms with E-state index in [1.807, 2.05) is 20.8 Å². The molecule has 2 N–H and O–H groups in total. The molecule has 0 bridgehead atoms. The Morgan fingerprint density at radius 3 is 2.24 bits per heavy atom. The predicted molar refractivity (Wildman–Crippen MR) is 60.1 cm³/mol. The van der Waals surface area contributed by atoms with Crippen LogP contribution in [0.2, 0.25) is 0 Å². The van der Waals surface area contributed by atoms with E-state index in [0.717, 1.165) is 0 Å². The van der Waals surface area contributed by atoms with Gasteiger partial charge in [0.05, 0.1) is 11.1 Å². The van der Waals surface area contributed by atoms with Crippen LogP contribution >= 0.6 is 0 Å². The molecule has 0 heterocycles. The van der Waals surface area contributed by atoms with Crippen molar-refractivity contribution in [3.05, 3.63) is 34.9 Å². The SMILES string of the molecule is CC(C)(C)c1cccc(C(=O)OO)c1C(=O)O. The summed E-state index contributed by atoms with van der Waals surface area (Å²) in [6.07, 6.45) is 0. The van der Waals surface area contributed by atoms with E-state index < -0.39 is 17.4 Å². The fraction of sp³-hybridized carbons (Fsp3) is 0.333. The van der Waals surface area contributed by atoms with Gasteiger partial charge in [0, 0.05) is 0 Å². The van der Waals surface area contributed by atoms with E-state index in [-0.39, 0.29) is 11.1 Å². The smallest absolute Gasteiger partial charge is 0.373 e. The molecule has 0 aliphatic heterocycles. The lowest BCUT2D eigenvalue weighted by atomic mass is 9.82. The number of aromatic carboxylic acids is 1. The van der Waals surface area contributed by atoms with Crippen LogP contribution in [-0.2, 0) is 10.3 Å². The lowest BCUT2D eigenvalue weighted by Gasteiger charge is -2.22. The molecule has 0 fully saturated rings. The van der Waals surface area contributed by atoms with E-state index >= 15 is 0 Å². The van der Waals surface area contributed by atoms with Gasteiger partial charge in [0.25, 0.3) is 0 Å². The lowest BCUT2D eigenvalue weighted by Crippen LogP contribution is -2.20. The Bertz CT molecular complexity index is 456. The molecule has 0 aliphatic carbocycles. The summed E-state index contributed by atoms with van der Waals surface area (Å²) in [5, 5.41) is 17.5. The number of carboxylic acids is 1. The van der Waals surface area contributed by atoms with Crippen molar-refractivity contribution in [2.75, 3.05) is 0 Å². The van der Waals surface area contributed by atoms with Crippen molar-refractivity contribution in [2.45, 2.75) is 26.2 Å². The van der Waals surface area contributed by atoms with Crippen molar-refractivity contribution in [1.82, 2.24) is 0 Å². The summed E-state index contributed by atoms with van der Waals surface area (Å²) >= 11 is 0. The quantitative estimate of drug-likeness (QED) is 0.610. The van der Waals surface area contributed by atoms with E-state index in [4.69, 9.17) is 10.4 Å². The van der Waals surface area contributed by atoms with Crippen LogP contribution in [0.3, 0.4) is 0 Å². The molecular formula is C12H14O5. The third-order valence-corrected chi connectivity index (χ3v) is 2.39. The molecule has 0 amide bonds. The molecule has 92 valence electrons. The Hall–Kier alpha value is -1.88. The molecule has 0 saturated carbocycles. The molecule has 0 aromatic heterocycles. The standard InChI is InChI=1S/C12H14O5/c1-12(2,3)8-6-4-5-7(11(15)17-16)9(8)10(13)14/h4-6,16H,1-3H3,(H,13,14). The summed E-state index contributed by atoms with van der Waals surface area (Å²) in [6, 6.07) is 4.49. The van der Waals surface area contributed by atoms with Gasteiger partial charge in [-0.25, -0.2) is 9.59 Å². The highest BCUT2D eigenvalue weighted by Crippen LogP contribution is 2.28. The van der Waals surface area contributed by atoms with Gasteiger partial charge < -0.3 is 5.11 Å². The molecule has 0 radical (unpaired) electrons. The molecule has 0 unspecified atom stereocenters. The third kappa shape index (κ3) is 2.62. The second-order valence-corrected chi connectivity index (χ2v) is 4.66. The molecule has 0 spiro atoms. The van der Waals surface area contributed by atoms with Crippen molar-refractivity contribution >= 4 is 11.9 Å². The van der Waals surface area contributed by atoms with Crippen molar-refractivity contribution in [3.8, 4) is 0 Å². The topological polar surface area (TPSA) is 83.8 Å². The summed E-state index contributed by atoms with van der Waals surface area (Å²) in [5.41, 5.74) is -0.223. The Kier molecular flexibility index (Phi) is 3.53. The van der Waals surface area contributed by atoms with Gasteiger partial charge in [0.1, 0.15) is 0 Å². The van der Waals surface area contributed by atoms with Crippen molar-refractivity contribution < 1.29 is 24.8 Å². The zero-order valence-electron chi connectivity index (χ0n) is 9.85. The van der Waals surface area contributed by atoms with Crippen LogP contribution in [0.5, 0.6) is 0 Å². The summed E-state index contributed by atoms with van der Waals surface area (Å²) in [4.78, 5) is 26.1. The lowest BCUT2D eigenvalue weighted by molar-refractivity contribution is -0.182. The first-order chi connectivity index (χ1) is 7.79. The number of carboxylic acid groups (broad SMARTS) is 1. The highest BCUT2D eigenvalue weighted by Gasteiger charge is 2.27. The zero-order valence-corrected chi connectivity index (χ0v) is 9.85. The molecule has 0 saturated heterocycles. The first kappa shape index (κ1) is 13.2. The molecule has 0 atom stereocenters. The maximum absolute atomic E-state index is 11.3. The molecular weight excluding hydrogens is 224 g/mol. The van der Waals surface area contributed by atoms with Gasteiger partial charge in [-0.15, -0.1) is 0 Å². The second-order valence-electron chi connectivity index (χ2n) is 4.66. The van der Waals surface area contributed by atoms with E-state index in [1.165, 1.54) is 6.07 Å². The first-order valence-electron chi connectivity index (χ1n) is 5.01. The Morgan fingerprint density at radius 1 is 1.24 bits per heavy atom. The fourth-order valence-corrected chi connectivity index (χ4v) is 1.63. The summed E-state index contributed by atoms with van der Waals surface area (Å²) < 4.78 is 0. The van der Waals surface area contributed by atoms with Gasteiger partial charge in [0.15, 0.2) is 0 Å². The summed E-state index contributed by atoms with van der Waals surface area (Å²) in [7, 11) is 0. The number of carbonyl (C=O) groups is 2. The van der Waals surface area contributed by atoms with Gasteiger partial charge >= 0.3 is 11.9 Å². The molecule has 1 rings (SSSR count). The van der Waals surface area contributed by atoms with Crippen LogP contribution in [0, 0.1) is 0 Å². The average molecular weight is 238 g/mol. The Morgan fingerprint density at radius 2 is 1.82 bits per heavy atom. The van der Waals surface area contributed by atoms with E-state index in [2.05, 4.69) is 4.89 Å². The predicted octanol–water partition coefficient (Wildman–Crippen LogP) is 2.31.